The highest BCUT2D eigenvalue weighted by Crippen LogP contribution is 2.23. The van der Waals surface area contributed by atoms with E-state index in [-0.39, 0.29) is 30.4 Å². The molecule has 0 aliphatic carbocycles. The summed E-state index contributed by atoms with van der Waals surface area (Å²) in [7, 11) is -3.14. The van der Waals surface area contributed by atoms with E-state index in [0.717, 1.165) is 17.5 Å². The van der Waals surface area contributed by atoms with E-state index in [4.69, 9.17) is 0 Å². The third-order valence-corrected chi connectivity index (χ3v) is 6.29. The Hall–Kier alpha value is -1.60. The number of fused-ring (bicyclic) bond motifs is 1. The van der Waals surface area contributed by atoms with Gasteiger partial charge in [0.15, 0.2) is 0 Å². The summed E-state index contributed by atoms with van der Waals surface area (Å²) in [5, 5.41) is 9.54. The summed E-state index contributed by atoms with van der Waals surface area (Å²) < 4.78 is 24.9. The fourth-order valence-electron chi connectivity index (χ4n) is 3.08. The molecule has 0 bridgehead atoms. The van der Waals surface area contributed by atoms with Crippen LogP contribution in [0.5, 0.6) is 5.75 Å². The van der Waals surface area contributed by atoms with Gasteiger partial charge in [-0.1, -0.05) is 6.07 Å². The monoisotopic (exact) mass is 324 g/mol. The van der Waals surface area contributed by atoms with Crippen LogP contribution < -0.4 is 0 Å². The molecule has 0 saturated carbocycles. The minimum Gasteiger partial charge on any atom is -0.508 e. The summed E-state index contributed by atoms with van der Waals surface area (Å²) >= 11 is 0. The number of phenolic OH excluding ortho intramolecular Hbond substituents is 1. The Kier molecular flexibility index (Phi) is 4.10. The van der Waals surface area contributed by atoms with E-state index in [1.807, 2.05) is 6.07 Å². The summed E-state index contributed by atoms with van der Waals surface area (Å²) in [4.78, 5) is 14.0. The molecule has 0 atom stereocenters. The maximum atomic E-state index is 12.3. The van der Waals surface area contributed by atoms with E-state index < -0.39 is 10.0 Å². The molecule has 2 aliphatic rings. The molecule has 1 amide bonds. The minimum absolute atomic E-state index is 0.0314. The van der Waals surface area contributed by atoms with Gasteiger partial charge in [0.25, 0.3) is 0 Å². The number of hydrogen-bond donors (Lipinski definition) is 1. The smallest absolute Gasteiger partial charge is 0.224 e. The van der Waals surface area contributed by atoms with Crippen LogP contribution in [0.2, 0.25) is 0 Å². The normalized spacial score (nSPS) is 20.8. The molecule has 120 valence electrons. The summed E-state index contributed by atoms with van der Waals surface area (Å²) in [6.07, 6.45) is 1.63. The number of rotatable bonds is 3. The maximum absolute atomic E-state index is 12.3. The van der Waals surface area contributed by atoms with Crippen LogP contribution in [0.25, 0.3) is 0 Å². The fourth-order valence-corrected chi connectivity index (χ4v) is 4.61. The van der Waals surface area contributed by atoms with Crippen molar-refractivity contribution in [2.45, 2.75) is 25.8 Å². The van der Waals surface area contributed by atoms with E-state index in [2.05, 4.69) is 0 Å². The van der Waals surface area contributed by atoms with Gasteiger partial charge in [-0.05, 0) is 36.1 Å². The van der Waals surface area contributed by atoms with Crippen molar-refractivity contribution in [3.63, 3.8) is 0 Å². The zero-order valence-corrected chi connectivity index (χ0v) is 13.2. The number of carbonyl (C=O) groups excluding carboxylic acids is 1. The van der Waals surface area contributed by atoms with Crippen molar-refractivity contribution in [2.24, 2.45) is 0 Å². The van der Waals surface area contributed by atoms with Gasteiger partial charge in [0.05, 0.1) is 5.75 Å². The molecule has 6 nitrogen and oxygen atoms in total. The van der Waals surface area contributed by atoms with Gasteiger partial charge in [0.2, 0.25) is 15.9 Å². The first-order valence-corrected chi connectivity index (χ1v) is 9.13. The van der Waals surface area contributed by atoms with Crippen LogP contribution in [0.1, 0.15) is 24.0 Å². The molecule has 0 unspecified atom stereocenters. The summed E-state index contributed by atoms with van der Waals surface area (Å²) in [6.45, 7) is 1.91. The van der Waals surface area contributed by atoms with Crippen LogP contribution >= 0.6 is 0 Å². The third-order valence-electron chi connectivity index (χ3n) is 4.33. The van der Waals surface area contributed by atoms with E-state index >= 15 is 0 Å². The molecule has 7 heteroatoms. The van der Waals surface area contributed by atoms with E-state index in [1.54, 1.807) is 17.0 Å². The highest BCUT2D eigenvalue weighted by Gasteiger charge is 2.29. The summed E-state index contributed by atoms with van der Waals surface area (Å²) in [6, 6.07) is 5.25. The van der Waals surface area contributed by atoms with E-state index in [0.29, 0.717) is 26.1 Å². The van der Waals surface area contributed by atoms with Crippen LogP contribution in [-0.2, 0) is 27.8 Å². The standard InChI is InChI=1S/C15H20N2O4S/c18-14-3-2-12-4-7-16(11-13(12)10-14)15(19)5-8-17-6-1-9-22(17,20)21/h2-3,10,18H,1,4-9,11H2. The van der Waals surface area contributed by atoms with Crippen LogP contribution in [0.3, 0.4) is 0 Å². The average Bonchev–Trinajstić information content (AvgIpc) is 2.82. The molecule has 2 aliphatic heterocycles. The fraction of sp³-hybridized carbons (Fsp3) is 0.533. The number of aromatic hydroxyl groups is 1. The van der Waals surface area contributed by atoms with Crippen LogP contribution in [0.4, 0.5) is 0 Å². The molecular formula is C15H20N2O4S. The number of hydrogen-bond acceptors (Lipinski definition) is 4. The number of phenols is 1. The van der Waals surface area contributed by atoms with Crippen LogP contribution in [0.15, 0.2) is 18.2 Å². The van der Waals surface area contributed by atoms with Gasteiger partial charge >= 0.3 is 0 Å². The Morgan fingerprint density at radius 2 is 2.05 bits per heavy atom. The first kappa shape index (κ1) is 15.3. The largest absolute Gasteiger partial charge is 0.508 e. The molecule has 3 rings (SSSR count). The Bertz CT molecular complexity index is 687. The topological polar surface area (TPSA) is 77.9 Å². The van der Waals surface area contributed by atoms with Gasteiger partial charge in [0, 0.05) is 32.6 Å². The zero-order valence-electron chi connectivity index (χ0n) is 12.4. The van der Waals surface area contributed by atoms with Crippen molar-refractivity contribution in [1.82, 2.24) is 9.21 Å². The van der Waals surface area contributed by atoms with Crippen molar-refractivity contribution in [2.75, 3.05) is 25.4 Å². The molecule has 2 heterocycles. The molecule has 1 saturated heterocycles. The van der Waals surface area contributed by atoms with Gasteiger partial charge in [-0.25, -0.2) is 12.7 Å². The minimum atomic E-state index is -3.14. The van der Waals surface area contributed by atoms with Gasteiger partial charge in [0.1, 0.15) is 5.75 Å². The lowest BCUT2D eigenvalue weighted by molar-refractivity contribution is -0.132. The highest BCUT2D eigenvalue weighted by atomic mass is 32.2. The number of carbonyl (C=O) groups is 1. The third kappa shape index (κ3) is 3.10. The molecule has 1 N–H and O–H groups in total. The Labute approximate surface area is 130 Å². The van der Waals surface area contributed by atoms with Gasteiger partial charge in [-0.3, -0.25) is 4.79 Å². The molecule has 0 spiro atoms. The zero-order chi connectivity index (χ0) is 15.7. The predicted molar refractivity (Wildman–Crippen MR) is 81.8 cm³/mol. The summed E-state index contributed by atoms with van der Waals surface area (Å²) in [5.74, 6) is 0.365. The molecule has 1 aromatic carbocycles. The van der Waals surface area contributed by atoms with Crippen LogP contribution in [0, 0.1) is 0 Å². The number of nitrogens with zero attached hydrogens (tertiary/aromatic N) is 2. The average molecular weight is 324 g/mol. The predicted octanol–water partition coefficient (Wildman–Crippen LogP) is 0.703. The van der Waals surface area contributed by atoms with Crippen molar-refractivity contribution >= 4 is 15.9 Å². The molecule has 0 radical (unpaired) electrons. The Morgan fingerprint density at radius 3 is 2.77 bits per heavy atom. The maximum Gasteiger partial charge on any atom is 0.224 e. The number of amides is 1. The first-order valence-electron chi connectivity index (χ1n) is 7.52. The van der Waals surface area contributed by atoms with Crippen LogP contribution in [-0.4, -0.2) is 54.0 Å². The number of sulfonamides is 1. The lowest BCUT2D eigenvalue weighted by Crippen LogP contribution is -2.38. The highest BCUT2D eigenvalue weighted by molar-refractivity contribution is 7.89. The molecule has 1 fully saturated rings. The lowest BCUT2D eigenvalue weighted by atomic mass is 9.99. The van der Waals surface area contributed by atoms with Crippen molar-refractivity contribution in [3.8, 4) is 5.75 Å². The second kappa shape index (κ2) is 5.89. The Morgan fingerprint density at radius 1 is 1.23 bits per heavy atom. The van der Waals surface area contributed by atoms with Crippen molar-refractivity contribution < 1.29 is 18.3 Å². The SMILES string of the molecule is O=C(CCN1CCCS1(=O)=O)N1CCc2ccc(O)cc2C1. The molecule has 1 aromatic rings. The van der Waals surface area contributed by atoms with Gasteiger partial charge in [-0.15, -0.1) is 0 Å². The molecule has 22 heavy (non-hydrogen) atoms. The Balaban J connectivity index is 1.60. The van der Waals surface area contributed by atoms with Crippen molar-refractivity contribution in [3.05, 3.63) is 29.3 Å². The summed E-state index contributed by atoms with van der Waals surface area (Å²) in [5.41, 5.74) is 2.12. The van der Waals surface area contributed by atoms with Crippen molar-refractivity contribution in [1.29, 1.82) is 0 Å². The van der Waals surface area contributed by atoms with Gasteiger partial charge < -0.3 is 10.0 Å². The molecule has 0 aromatic heterocycles. The van der Waals surface area contributed by atoms with Gasteiger partial charge in [-0.2, -0.15) is 0 Å². The van der Waals surface area contributed by atoms with E-state index in [1.165, 1.54) is 4.31 Å². The number of benzene rings is 1. The second-order valence-electron chi connectivity index (χ2n) is 5.84. The van der Waals surface area contributed by atoms with E-state index in [9.17, 15) is 18.3 Å². The first-order chi connectivity index (χ1) is 10.5. The quantitative estimate of drug-likeness (QED) is 0.888. The lowest BCUT2D eigenvalue weighted by Gasteiger charge is -2.29. The molecular weight excluding hydrogens is 304 g/mol. The second-order valence-corrected chi connectivity index (χ2v) is 7.93.